The summed E-state index contributed by atoms with van der Waals surface area (Å²) in [6, 6.07) is 0.545. The third-order valence-corrected chi connectivity index (χ3v) is 3.58. The van der Waals surface area contributed by atoms with E-state index in [0.29, 0.717) is 6.04 Å². The number of hydrogen-bond acceptors (Lipinski definition) is 3. The zero-order valence-corrected chi connectivity index (χ0v) is 10.4. The fourth-order valence-electron chi connectivity index (χ4n) is 2.50. The van der Waals surface area contributed by atoms with E-state index in [0.717, 1.165) is 13.2 Å². The molecule has 1 saturated heterocycles. The first-order valence-electron chi connectivity index (χ1n) is 5.95. The van der Waals surface area contributed by atoms with E-state index in [1.807, 2.05) is 17.9 Å². The molecule has 2 heterocycles. The zero-order valence-electron chi connectivity index (χ0n) is 10.4. The molecular weight excluding hydrogens is 202 g/mol. The number of methoxy groups -OCH3 is 1. The van der Waals surface area contributed by atoms with Gasteiger partial charge in [0.15, 0.2) is 0 Å². The fraction of sp³-hybridized carbons (Fsp3) is 0.750. The van der Waals surface area contributed by atoms with Gasteiger partial charge in [0.2, 0.25) is 0 Å². The Balaban J connectivity index is 2.10. The molecule has 90 valence electrons. The topological polar surface area (TPSA) is 30.3 Å². The van der Waals surface area contributed by atoms with Gasteiger partial charge in [-0.25, -0.2) is 0 Å². The van der Waals surface area contributed by atoms with Crippen LogP contribution in [0.25, 0.3) is 0 Å². The number of rotatable bonds is 4. The first-order chi connectivity index (χ1) is 7.74. The van der Waals surface area contributed by atoms with Crippen molar-refractivity contribution in [1.82, 2.24) is 14.7 Å². The SMILES string of the molecule is COCCN1CCCC1c1cnn(C)c1C. The van der Waals surface area contributed by atoms with E-state index in [1.165, 1.54) is 30.6 Å². The summed E-state index contributed by atoms with van der Waals surface area (Å²) < 4.78 is 7.12. The predicted octanol–water partition coefficient (Wildman–Crippen LogP) is 1.51. The highest BCUT2D eigenvalue weighted by Crippen LogP contribution is 2.32. The van der Waals surface area contributed by atoms with Gasteiger partial charge >= 0.3 is 0 Å². The molecule has 0 aromatic carbocycles. The largest absolute Gasteiger partial charge is 0.383 e. The Labute approximate surface area is 97.2 Å². The van der Waals surface area contributed by atoms with Crippen LogP contribution in [0.4, 0.5) is 0 Å². The average molecular weight is 223 g/mol. The molecule has 0 aliphatic carbocycles. The molecule has 1 unspecified atom stereocenters. The number of ether oxygens (including phenoxy) is 1. The third-order valence-electron chi connectivity index (χ3n) is 3.58. The van der Waals surface area contributed by atoms with Gasteiger partial charge in [-0.3, -0.25) is 9.58 Å². The predicted molar refractivity (Wildman–Crippen MR) is 63.4 cm³/mol. The Hall–Kier alpha value is -0.870. The van der Waals surface area contributed by atoms with Crippen LogP contribution in [0.5, 0.6) is 0 Å². The van der Waals surface area contributed by atoms with Crippen LogP contribution in [-0.4, -0.2) is 41.5 Å². The first kappa shape index (κ1) is 11.6. The van der Waals surface area contributed by atoms with Gasteiger partial charge in [0.05, 0.1) is 12.8 Å². The van der Waals surface area contributed by atoms with Crippen molar-refractivity contribution >= 4 is 0 Å². The van der Waals surface area contributed by atoms with Crippen molar-refractivity contribution in [2.24, 2.45) is 7.05 Å². The maximum absolute atomic E-state index is 5.16. The quantitative estimate of drug-likeness (QED) is 0.775. The lowest BCUT2D eigenvalue weighted by Gasteiger charge is -2.23. The van der Waals surface area contributed by atoms with Crippen LogP contribution in [0.3, 0.4) is 0 Å². The van der Waals surface area contributed by atoms with Crippen molar-refractivity contribution in [1.29, 1.82) is 0 Å². The smallest absolute Gasteiger partial charge is 0.0589 e. The summed E-state index contributed by atoms with van der Waals surface area (Å²) in [5, 5.41) is 4.33. The summed E-state index contributed by atoms with van der Waals surface area (Å²) in [5.41, 5.74) is 2.67. The van der Waals surface area contributed by atoms with Crippen molar-refractivity contribution in [3.05, 3.63) is 17.5 Å². The maximum Gasteiger partial charge on any atom is 0.0589 e. The number of aromatic nitrogens is 2. The molecule has 2 rings (SSSR count). The average Bonchev–Trinajstić information content (AvgIpc) is 2.85. The molecule has 1 aromatic rings. The second kappa shape index (κ2) is 4.97. The van der Waals surface area contributed by atoms with Crippen LogP contribution >= 0.6 is 0 Å². The van der Waals surface area contributed by atoms with E-state index in [9.17, 15) is 0 Å². The van der Waals surface area contributed by atoms with E-state index >= 15 is 0 Å². The highest BCUT2D eigenvalue weighted by Gasteiger charge is 2.27. The molecule has 0 radical (unpaired) electrons. The van der Waals surface area contributed by atoms with Gasteiger partial charge in [-0.05, 0) is 26.3 Å². The van der Waals surface area contributed by atoms with Crippen molar-refractivity contribution in [3.8, 4) is 0 Å². The van der Waals surface area contributed by atoms with Crippen LogP contribution in [0.15, 0.2) is 6.20 Å². The van der Waals surface area contributed by atoms with E-state index < -0.39 is 0 Å². The zero-order chi connectivity index (χ0) is 11.5. The first-order valence-corrected chi connectivity index (χ1v) is 5.95. The van der Waals surface area contributed by atoms with E-state index in [-0.39, 0.29) is 0 Å². The minimum Gasteiger partial charge on any atom is -0.383 e. The van der Waals surface area contributed by atoms with Gasteiger partial charge in [-0.2, -0.15) is 5.10 Å². The fourth-order valence-corrected chi connectivity index (χ4v) is 2.50. The minimum atomic E-state index is 0.545. The van der Waals surface area contributed by atoms with Gasteiger partial charge in [-0.15, -0.1) is 0 Å². The van der Waals surface area contributed by atoms with Crippen LogP contribution in [0.2, 0.25) is 0 Å². The number of aryl methyl sites for hydroxylation is 1. The normalized spacial score (nSPS) is 21.8. The van der Waals surface area contributed by atoms with Crippen LogP contribution in [0, 0.1) is 6.92 Å². The van der Waals surface area contributed by atoms with Crippen LogP contribution in [-0.2, 0) is 11.8 Å². The van der Waals surface area contributed by atoms with Gasteiger partial charge in [0.1, 0.15) is 0 Å². The third kappa shape index (κ3) is 2.13. The van der Waals surface area contributed by atoms with Gasteiger partial charge in [-0.1, -0.05) is 0 Å². The van der Waals surface area contributed by atoms with E-state index in [1.54, 1.807) is 7.11 Å². The Morgan fingerprint density at radius 2 is 2.38 bits per heavy atom. The number of hydrogen-bond donors (Lipinski definition) is 0. The monoisotopic (exact) mass is 223 g/mol. The van der Waals surface area contributed by atoms with Crippen molar-refractivity contribution in [2.45, 2.75) is 25.8 Å². The molecule has 0 spiro atoms. The Morgan fingerprint density at radius 3 is 3.00 bits per heavy atom. The molecule has 1 atom stereocenters. The number of likely N-dealkylation sites (tertiary alicyclic amines) is 1. The lowest BCUT2D eigenvalue weighted by atomic mass is 10.1. The Bertz CT molecular complexity index is 348. The summed E-state index contributed by atoms with van der Waals surface area (Å²) in [7, 11) is 3.77. The van der Waals surface area contributed by atoms with Crippen molar-refractivity contribution < 1.29 is 4.74 Å². The molecule has 16 heavy (non-hydrogen) atoms. The summed E-state index contributed by atoms with van der Waals surface area (Å²) in [4.78, 5) is 2.51. The lowest BCUT2D eigenvalue weighted by molar-refractivity contribution is 0.141. The summed E-state index contributed by atoms with van der Waals surface area (Å²) in [6.07, 6.45) is 4.55. The molecule has 4 nitrogen and oxygen atoms in total. The summed E-state index contributed by atoms with van der Waals surface area (Å²) in [5.74, 6) is 0. The van der Waals surface area contributed by atoms with Gasteiger partial charge < -0.3 is 4.74 Å². The lowest BCUT2D eigenvalue weighted by Crippen LogP contribution is -2.27. The minimum absolute atomic E-state index is 0.545. The molecule has 0 bridgehead atoms. The molecule has 0 amide bonds. The van der Waals surface area contributed by atoms with Crippen molar-refractivity contribution in [3.63, 3.8) is 0 Å². The highest BCUT2D eigenvalue weighted by atomic mass is 16.5. The second-order valence-electron chi connectivity index (χ2n) is 4.50. The Kier molecular flexibility index (Phi) is 3.61. The van der Waals surface area contributed by atoms with E-state index in [2.05, 4.69) is 16.9 Å². The number of nitrogens with zero attached hydrogens (tertiary/aromatic N) is 3. The van der Waals surface area contributed by atoms with E-state index in [4.69, 9.17) is 4.74 Å². The molecule has 1 aliphatic rings. The molecular formula is C12H21N3O. The molecule has 1 aliphatic heterocycles. The molecule has 4 heteroatoms. The van der Waals surface area contributed by atoms with Gasteiger partial charge in [0.25, 0.3) is 0 Å². The molecule has 0 N–H and O–H groups in total. The molecule has 0 saturated carbocycles. The standard InChI is InChI=1S/C12H21N3O/c1-10-11(9-13-14(10)2)12-5-4-6-15(12)7-8-16-3/h9,12H,4-8H2,1-3H3. The van der Waals surface area contributed by atoms with Crippen LogP contribution < -0.4 is 0 Å². The summed E-state index contributed by atoms with van der Waals surface area (Å²) in [6.45, 7) is 5.17. The van der Waals surface area contributed by atoms with Crippen molar-refractivity contribution in [2.75, 3.05) is 26.8 Å². The molecule has 1 aromatic heterocycles. The maximum atomic E-state index is 5.16. The second-order valence-corrected chi connectivity index (χ2v) is 4.50. The van der Waals surface area contributed by atoms with Crippen LogP contribution in [0.1, 0.15) is 30.1 Å². The summed E-state index contributed by atoms with van der Waals surface area (Å²) >= 11 is 0. The highest BCUT2D eigenvalue weighted by molar-refractivity contribution is 5.21. The Morgan fingerprint density at radius 1 is 1.56 bits per heavy atom. The van der Waals surface area contributed by atoms with Gasteiger partial charge in [0, 0.05) is 38.0 Å². The molecule has 1 fully saturated rings.